The zero-order valence-electron chi connectivity index (χ0n) is 14.4. The minimum Gasteiger partial charge on any atom is -0.342 e. The van der Waals surface area contributed by atoms with Gasteiger partial charge in [0.2, 0.25) is 5.91 Å². The van der Waals surface area contributed by atoms with E-state index in [0.717, 1.165) is 6.54 Å². The van der Waals surface area contributed by atoms with Crippen molar-refractivity contribution in [2.45, 2.75) is 25.9 Å². The van der Waals surface area contributed by atoms with Crippen LogP contribution in [0.3, 0.4) is 0 Å². The summed E-state index contributed by atoms with van der Waals surface area (Å²) in [5, 5.41) is 0. The first kappa shape index (κ1) is 17.2. The van der Waals surface area contributed by atoms with Crippen LogP contribution in [0.5, 0.6) is 0 Å². The molecular formula is C20H26N2O. The molecule has 1 atom stereocenters. The molecule has 0 heterocycles. The Morgan fingerprint density at radius 1 is 0.913 bits per heavy atom. The highest BCUT2D eigenvalue weighted by molar-refractivity contribution is 5.73. The van der Waals surface area contributed by atoms with Crippen LogP contribution in [-0.2, 0) is 4.79 Å². The normalized spacial score (nSPS) is 12.4. The van der Waals surface area contributed by atoms with Gasteiger partial charge in [-0.05, 0) is 25.1 Å². The van der Waals surface area contributed by atoms with Crippen LogP contribution in [0.15, 0.2) is 60.7 Å². The SMILES string of the molecule is CC(=O)N(C)[C@@H](C)CN(C)C(c1ccccc1)c1ccccc1. The average molecular weight is 310 g/mol. The highest BCUT2D eigenvalue weighted by Gasteiger charge is 2.22. The summed E-state index contributed by atoms with van der Waals surface area (Å²) >= 11 is 0. The van der Waals surface area contributed by atoms with Gasteiger partial charge in [-0.15, -0.1) is 0 Å². The van der Waals surface area contributed by atoms with Crippen LogP contribution < -0.4 is 0 Å². The topological polar surface area (TPSA) is 23.6 Å². The van der Waals surface area contributed by atoms with Gasteiger partial charge >= 0.3 is 0 Å². The van der Waals surface area contributed by atoms with Crippen LogP contribution in [0.1, 0.15) is 31.0 Å². The summed E-state index contributed by atoms with van der Waals surface area (Å²) in [5.74, 6) is 0.0990. The van der Waals surface area contributed by atoms with Crippen molar-refractivity contribution in [1.29, 1.82) is 0 Å². The predicted molar refractivity (Wildman–Crippen MR) is 95.3 cm³/mol. The molecule has 2 aromatic carbocycles. The number of hydrogen-bond acceptors (Lipinski definition) is 2. The Bertz CT molecular complexity index is 573. The van der Waals surface area contributed by atoms with Gasteiger partial charge in [0.1, 0.15) is 0 Å². The van der Waals surface area contributed by atoms with Crippen molar-refractivity contribution >= 4 is 5.91 Å². The van der Waals surface area contributed by atoms with Crippen LogP contribution in [0.4, 0.5) is 0 Å². The molecule has 23 heavy (non-hydrogen) atoms. The Kier molecular flexibility index (Phi) is 5.94. The van der Waals surface area contributed by atoms with Crippen molar-refractivity contribution in [2.75, 3.05) is 20.6 Å². The Labute approximate surface area is 139 Å². The molecule has 0 unspecified atom stereocenters. The summed E-state index contributed by atoms with van der Waals surface area (Å²) in [7, 11) is 3.98. The van der Waals surface area contributed by atoms with Crippen molar-refractivity contribution < 1.29 is 4.79 Å². The zero-order valence-corrected chi connectivity index (χ0v) is 14.4. The molecule has 0 radical (unpaired) electrons. The Morgan fingerprint density at radius 2 is 1.35 bits per heavy atom. The fraction of sp³-hybridized carbons (Fsp3) is 0.350. The van der Waals surface area contributed by atoms with Crippen molar-refractivity contribution in [2.24, 2.45) is 0 Å². The predicted octanol–water partition coefficient (Wildman–Crippen LogP) is 3.57. The fourth-order valence-electron chi connectivity index (χ4n) is 2.93. The first-order valence-corrected chi connectivity index (χ1v) is 8.04. The number of likely N-dealkylation sites (N-methyl/N-ethyl adjacent to an activating group) is 2. The van der Waals surface area contributed by atoms with Crippen LogP contribution in [0.2, 0.25) is 0 Å². The molecular weight excluding hydrogens is 284 g/mol. The highest BCUT2D eigenvalue weighted by Crippen LogP contribution is 2.27. The second-order valence-corrected chi connectivity index (χ2v) is 6.14. The molecule has 0 aromatic heterocycles. The summed E-state index contributed by atoms with van der Waals surface area (Å²) in [5.41, 5.74) is 2.53. The summed E-state index contributed by atoms with van der Waals surface area (Å²) in [6.45, 7) is 4.51. The number of hydrogen-bond donors (Lipinski definition) is 0. The van der Waals surface area contributed by atoms with E-state index >= 15 is 0 Å². The smallest absolute Gasteiger partial charge is 0.219 e. The minimum atomic E-state index is 0.0990. The maximum atomic E-state index is 11.6. The van der Waals surface area contributed by atoms with E-state index in [4.69, 9.17) is 0 Å². The second-order valence-electron chi connectivity index (χ2n) is 6.14. The monoisotopic (exact) mass is 310 g/mol. The largest absolute Gasteiger partial charge is 0.342 e. The van der Waals surface area contributed by atoms with E-state index in [9.17, 15) is 4.79 Å². The molecule has 0 fully saturated rings. The van der Waals surface area contributed by atoms with Gasteiger partial charge in [0, 0.05) is 26.6 Å². The number of rotatable bonds is 6. The quantitative estimate of drug-likeness (QED) is 0.814. The van der Waals surface area contributed by atoms with Gasteiger partial charge in [0.25, 0.3) is 0 Å². The molecule has 0 aliphatic carbocycles. The molecule has 122 valence electrons. The molecule has 2 rings (SSSR count). The third kappa shape index (κ3) is 4.42. The molecule has 0 saturated carbocycles. The van der Waals surface area contributed by atoms with Crippen LogP contribution in [-0.4, -0.2) is 42.4 Å². The maximum absolute atomic E-state index is 11.6. The lowest BCUT2D eigenvalue weighted by Gasteiger charge is -2.34. The number of nitrogens with zero attached hydrogens (tertiary/aromatic N) is 2. The van der Waals surface area contributed by atoms with Crippen molar-refractivity contribution in [3.8, 4) is 0 Å². The standard InChI is InChI=1S/C20H26N2O/c1-16(22(4)17(2)23)15-21(3)20(18-11-7-5-8-12-18)19-13-9-6-10-14-19/h5-14,16,20H,15H2,1-4H3/t16-/m0/s1. The summed E-state index contributed by atoms with van der Waals surface area (Å²) in [6, 6.07) is 21.4. The van der Waals surface area contributed by atoms with Crippen molar-refractivity contribution in [3.05, 3.63) is 71.8 Å². The molecule has 0 saturated heterocycles. The summed E-state index contributed by atoms with van der Waals surface area (Å²) in [4.78, 5) is 15.7. The van der Waals surface area contributed by atoms with E-state index in [1.807, 2.05) is 19.2 Å². The molecule has 0 spiro atoms. The van der Waals surface area contributed by atoms with Crippen molar-refractivity contribution in [1.82, 2.24) is 9.80 Å². The van der Waals surface area contributed by atoms with Gasteiger partial charge in [0.05, 0.1) is 6.04 Å². The summed E-state index contributed by atoms with van der Waals surface area (Å²) in [6.07, 6.45) is 0. The number of amides is 1. The van der Waals surface area contributed by atoms with Crippen LogP contribution in [0.25, 0.3) is 0 Å². The third-order valence-corrected chi connectivity index (χ3v) is 4.38. The van der Waals surface area contributed by atoms with Gasteiger partial charge in [-0.3, -0.25) is 9.69 Å². The molecule has 3 heteroatoms. The van der Waals surface area contributed by atoms with Crippen LogP contribution in [0, 0.1) is 0 Å². The second kappa shape index (κ2) is 7.93. The molecule has 0 bridgehead atoms. The van der Waals surface area contributed by atoms with E-state index < -0.39 is 0 Å². The average Bonchev–Trinajstić information content (AvgIpc) is 2.56. The lowest BCUT2D eigenvalue weighted by Crippen LogP contribution is -2.42. The van der Waals surface area contributed by atoms with Crippen LogP contribution >= 0.6 is 0 Å². The first-order chi connectivity index (χ1) is 11.0. The molecule has 0 aliphatic heterocycles. The number of carbonyl (C=O) groups is 1. The third-order valence-electron chi connectivity index (χ3n) is 4.38. The Balaban J connectivity index is 2.26. The van der Waals surface area contributed by atoms with Gasteiger partial charge in [-0.25, -0.2) is 0 Å². The molecule has 0 aliphatic rings. The Morgan fingerprint density at radius 3 is 1.74 bits per heavy atom. The van der Waals surface area contributed by atoms with E-state index in [1.165, 1.54) is 11.1 Å². The van der Waals surface area contributed by atoms with E-state index in [-0.39, 0.29) is 18.0 Å². The first-order valence-electron chi connectivity index (χ1n) is 8.04. The van der Waals surface area contributed by atoms with Gasteiger partial charge in [-0.1, -0.05) is 60.7 Å². The Hall–Kier alpha value is -2.13. The number of carbonyl (C=O) groups excluding carboxylic acids is 1. The minimum absolute atomic E-state index is 0.0990. The lowest BCUT2D eigenvalue weighted by atomic mass is 9.97. The maximum Gasteiger partial charge on any atom is 0.219 e. The van der Waals surface area contributed by atoms with Gasteiger partial charge in [-0.2, -0.15) is 0 Å². The summed E-state index contributed by atoms with van der Waals surface area (Å²) < 4.78 is 0. The van der Waals surface area contributed by atoms with Gasteiger partial charge < -0.3 is 4.90 Å². The van der Waals surface area contributed by atoms with E-state index in [2.05, 4.69) is 67.4 Å². The van der Waals surface area contributed by atoms with Crippen molar-refractivity contribution in [3.63, 3.8) is 0 Å². The van der Waals surface area contributed by atoms with Gasteiger partial charge in [0.15, 0.2) is 0 Å². The molecule has 0 N–H and O–H groups in total. The molecule has 1 amide bonds. The molecule has 3 nitrogen and oxygen atoms in total. The lowest BCUT2D eigenvalue weighted by molar-refractivity contribution is -0.129. The zero-order chi connectivity index (χ0) is 16.8. The number of benzene rings is 2. The molecule has 2 aromatic rings. The van der Waals surface area contributed by atoms with E-state index in [0.29, 0.717) is 0 Å². The van der Waals surface area contributed by atoms with E-state index in [1.54, 1.807) is 11.8 Å². The fourth-order valence-corrected chi connectivity index (χ4v) is 2.93. The highest BCUT2D eigenvalue weighted by atomic mass is 16.2.